The molecule has 5 nitrogen and oxygen atoms in total. The number of benzene rings is 1. The molecular weight excluding hydrogens is 546 g/mol. The molecule has 44 heavy (non-hydrogen) atoms. The Hall–Kier alpha value is -2.66. The number of nitrogens with zero attached hydrogens (tertiary/aromatic N) is 1. The Morgan fingerprint density at radius 1 is 0.909 bits per heavy atom. The molecule has 6 rings (SSSR count). The Morgan fingerprint density at radius 2 is 1.59 bits per heavy atom. The lowest BCUT2D eigenvalue weighted by Crippen LogP contribution is -2.66. The molecule has 5 heteroatoms. The highest BCUT2D eigenvalue weighted by atomic mass is 16.4. The number of likely N-dealkylation sites (N-methyl/N-ethyl adjacent to an activating group) is 1. The number of allylic oxidation sites excluding steroid dienone is 3. The van der Waals surface area contributed by atoms with Gasteiger partial charge in [-0.15, -0.1) is 0 Å². The summed E-state index contributed by atoms with van der Waals surface area (Å²) in [7, 11) is 4.14. The van der Waals surface area contributed by atoms with Crippen LogP contribution in [0.1, 0.15) is 95.5 Å². The van der Waals surface area contributed by atoms with Gasteiger partial charge < -0.3 is 15.1 Å². The lowest BCUT2D eigenvalue weighted by Gasteiger charge is -2.72. The molecule has 0 spiro atoms. The number of aromatic carboxylic acids is 1. The van der Waals surface area contributed by atoms with E-state index >= 15 is 0 Å². The van der Waals surface area contributed by atoms with Crippen LogP contribution in [0.15, 0.2) is 54.6 Å². The van der Waals surface area contributed by atoms with Crippen LogP contribution in [-0.4, -0.2) is 47.7 Å². The fraction of sp³-hybridized carbons (Fsp3) is 0.641. The summed E-state index contributed by atoms with van der Waals surface area (Å²) in [4.78, 5) is 26.7. The van der Waals surface area contributed by atoms with Crippen LogP contribution in [0, 0.1) is 56.7 Å². The molecule has 3 fully saturated rings. The van der Waals surface area contributed by atoms with Gasteiger partial charge in [-0.2, -0.15) is 0 Å². The number of hydrogen-bond donors (Lipinski definition) is 2. The van der Waals surface area contributed by atoms with E-state index in [1.165, 1.54) is 12.0 Å². The topological polar surface area (TPSA) is 77.8 Å². The van der Waals surface area contributed by atoms with Crippen molar-refractivity contribution < 1.29 is 19.8 Å². The normalized spacial score (nSPS) is 42.0. The van der Waals surface area contributed by atoms with Gasteiger partial charge in [-0.25, -0.2) is 4.79 Å². The third-order valence-electron chi connectivity index (χ3n) is 14.4. The average Bonchev–Trinajstić information content (AvgIpc) is 3.34. The summed E-state index contributed by atoms with van der Waals surface area (Å²) in [5, 5.41) is 20.2. The highest BCUT2D eigenvalue weighted by Gasteiger charge is 2.71. The van der Waals surface area contributed by atoms with Gasteiger partial charge in [-0.3, -0.25) is 4.79 Å². The first-order valence-electron chi connectivity index (χ1n) is 16.8. The first-order chi connectivity index (χ1) is 20.5. The van der Waals surface area contributed by atoms with Crippen molar-refractivity contribution in [3.8, 4) is 0 Å². The van der Waals surface area contributed by atoms with E-state index in [-0.39, 0.29) is 33.5 Å². The van der Waals surface area contributed by atoms with Crippen molar-refractivity contribution in [1.82, 2.24) is 4.90 Å². The number of hydrogen-bond acceptors (Lipinski definition) is 3. The molecule has 1 aromatic carbocycles. The van der Waals surface area contributed by atoms with Crippen LogP contribution >= 0.6 is 0 Å². The van der Waals surface area contributed by atoms with E-state index in [0.717, 1.165) is 49.8 Å². The number of carbonyl (C=O) groups is 2. The minimum Gasteiger partial charge on any atom is -0.481 e. The van der Waals surface area contributed by atoms with Gasteiger partial charge in [-0.1, -0.05) is 77.1 Å². The van der Waals surface area contributed by atoms with Gasteiger partial charge in [0.15, 0.2) is 0 Å². The van der Waals surface area contributed by atoms with Crippen LogP contribution in [0.25, 0.3) is 5.57 Å². The molecule has 9 atom stereocenters. The van der Waals surface area contributed by atoms with Gasteiger partial charge in [0, 0.05) is 12.5 Å². The minimum absolute atomic E-state index is 0.0355. The van der Waals surface area contributed by atoms with Crippen molar-refractivity contribution in [1.29, 1.82) is 0 Å². The Balaban J connectivity index is 1.36. The van der Waals surface area contributed by atoms with Crippen molar-refractivity contribution >= 4 is 17.5 Å². The van der Waals surface area contributed by atoms with Crippen molar-refractivity contribution in [2.75, 3.05) is 20.6 Å². The highest BCUT2D eigenvalue weighted by molar-refractivity contribution is 5.88. The van der Waals surface area contributed by atoms with E-state index in [2.05, 4.69) is 78.4 Å². The summed E-state index contributed by atoms with van der Waals surface area (Å²) in [5.74, 6) is 0.0811. The number of carboxylic acids is 2. The van der Waals surface area contributed by atoms with Crippen molar-refractivity contribution in [3.05, 3.63) is 65.8 Å². The zero-order valence-electron chi connectivity index (χ0n) is 28.0. The molecule has 0 amide bonds. The number of aliphatic carboxylic acids is 1. The quantitative estimate of drug-likeness (QED) is 0.321. The van der Waals surface area contributed by atoms with Crippen molar-refractivity contribution in [2.45, 2.75) is 79.6 Å². The maximum absolute atomic E-state index is 13.1. The van der Waals surface area contributed by atoms with Gasteiger partial charge >= 0.3 is 11.9 Å². The smallest absolute Gasteiger partial charge is 0.335 e. The maximum atomic E-state index is 13.1. The summed E-state index contributed by atoms with van der Waals surface area (Å²) >= 11 is 0. The summed E-state index contributed by atoms with van der Waals surface area (Å²) in [5.41, 5.74) is 3.50. The SMILES string of the molecule is C=C(CN(C)C)[C@@H]1C=C[C@]2(C(=O)O)CC[C@]3(C)[C@H](CC[C@@H]4[C@@]5(C)CC=C(c6ccc(C(=O)O)cc6)C(C)(C)[C@@H]5CC[C@]43C)[C@@H]12. The van der Waals surface area contributed by atoms with Crippen LogP contribution in [0.3, 0.4) is 0 Å². The maximum Gasteiger partial charge on any atom is 0.335 e. The second kappa shape index (κ2) is 10.2. The molecule has 0 bridgehead atoms. The molecule has 1 aromatic rings. The fourth-order valence-corrected chi connectivity index (χ4v) is 12.3. The molecule has 0 unspecified atom stereocenters. The second-order valence-electron chi connectivity index (χ2n) is 16.7. The zero-order valence-corrected chi connectivity index (χ0v) is 28.0. The third-order valence-corrected chi connectivity index (χ3v) is 14.4. The van der Waals surface area contributed by atoms with Gasteiger partial charge in [0.2, 0.25) is 0 Å². The highest BCUT2D eigenvalue weighted by Crippen LogP contribution is 2.77. The Kier molecular flexibility index (Phi) is 7.24. The monoisotopic (exact) mass is 599 g/mol. The summed E-state index contributed by atoms with van der Waals surface area (Å²) in [6.45, 7) is 17.8. The van der Waals surface area contributed by atoms with E-state index in [1.807, 2.05) is 12.1 Å². The van der Waals surface area contributed by atoms with Gasteiger partial charge in [0.25, 0.3) is 0 Å². The molecule has 5 aliphatic rings. The summed E-state index contributed by atoms with van der Waals surface area (Å²) in [6, 6.07) is 7.46. The first-order valence-corrected chi connectivity index (χ1v) is 16.8. The lowest BCUT2D eigenvalue weighted by atomic mass is 9.32. The van der Waals surface area contributed by atoms with E-state index in [4.69, 9.17) is 0 Å². The summed E-state index contributed by atoms with van der Waals surface area (Å²) < 4.78 is 0. The van der Waals surface area contributed by atoms with Crippen LogP contribution in [0.4, 0.5) is 0 Å². The number of rotatable bonds is 6. The predicted octanol–water partition coefficient (Wildman–Crippen LogP) is 8.44. The standard InChI is InChI=1S/C39H53NO4/c1-24(23-40(7)8)27-15-20-39(34(43)44)22-21-37(5)29(32(27)39)13-14-31-36(4)18-16-28(25-9-11-26(12-10-25)33(41)42)35(2,3)30(36)17-19-38(31,37)6/h9-12,15-16,20,27,29-32H,1,13-14,17-19,21-23H2,2-8H3,(H,41,42)(H,43,44)/t27-,29+,30-,31+,32+,36-,37+,38+,39-/m0/s1. The van der Waals surface area contributed by atoms with E-state index in [1.54, 1.807) is 12.1 Å². The molecule has 0 saturated heterocycles. The lowest BCUT2D eigenvalue weighted by molar-refractivity contribution is -0.225. The zero-order chi connectivity index (χ0) is 32.0. The number of fused-ring (bicyclic) bond motifs is 7. The van der Waals surface area contributed by atoms with Crippen LogP contribution < -0.4 is 0 Å². The van der Waals surface area contributed by atoms with Crippen LogP contribution in [0.2, 0.25) is 0 Å². The first kappa shape index (κ1) is 31.3. The molecule has 0 heterocycles. The van der Waals surface area contributed by atoms with Crippen LogP contribution in [0.5, 0.6) is 0 Å². The van der Waals surface area contributed by atoms with Gasteiger partial charge in [0.1, 0.15) is 0 Å². The average molecular weight is 600 g/mol. The van der Waals surface area contributed by atoms with Crippen molar-refractivity contribution in [2.24, 2.45) is 56.7 Å². The Labute approximate surface area is 264 Å². The Morgan fingerprint density at radius 3 is 2.20 bits per heavy atom. The largest absolute Gasteiger partial charge is 0.481 e. The molecule has 3 saturated carbocycles. The predicted molar refractivity (Wildman–Crippen MR) is 176 cm³/mol. The number of carboxylic acid groups (broad SMARTS) is 2. The minimum atomic E-state index is -0.887. The van der Waals surface area contributed by atoms with Gasteiger partial charge in [0.05, 0.1) is 11.0 Å². The molecular formula is C39H53NO4. The van der Waals surface area contributed by atoms with E-state index in [9.17, 15) is 19.8 Å². The van der Waals surface area contributed by atoms with Crippen molar-refractivity contribution in [3.63, 3.8) is 0 Å². The molecule has 0 aliphatic heterocycles. The van der Waals surface area contributed by atoms with Crippen LogP contribution in [-0.2, 0) is 4.79 Å². The molecule has 2 N–H and O–H groups in total. The molecule has 5 aliphatic carbocycles. The molecule has 0 radical (unpaired) electrons. The summed E-state index contributed by atoms with van der Waals surface area (Å²) in [6.07, 6.45) is 14.0. The Bertz CT molecular complexity index is 1440. The van der Waals surface area contributed by atoms with E-state index in [0.29, 0.717) is 29.7 Å². The molecule has 238 valence electrons. The second-order valence-corrected chi connectivity index (χ2v) is 16.7. The van der Waals surface area contributed by atoms with Gasteiger partial charge in [-0.05, 0) is 128 Å². The molecule has 0 aromatic heterocycles. The third kappa shape index (κ3) is 4.13. The fourth-order valence-electron chi connectivity index (χ4n) is 12.3. The van der Waals surface area contributed by atoms with E-state index < -0.39 is 17.4 Å².